The molecule has 0 heterocycles. The molecule has 0 N–H and O–H groups in total. The molecule has 2 aromatic carbocycles. The molecule has 3 rings (SSSR count). The largest absolute Gasteiger partial charge is 0.391 e. The summed E-state index contributed by atoms with van der Waals surface area (Å²) in [6.07, 6.45) is 1.11. The summed E-state index contributed by atoms with van der Waals surface area (Å²) < 4.78 is 13.5. The Morgan fingerprint density at radius 3 is 2.54 bits per heavy atom. The van der Waals surface area contributed by atoms with Crippen molar-refractivity contribution in [3.63, 3.8) is 0 Å². The highest BCUT2D eigenvalue weighted by molar-refractivity contribution is 5.87. The maximum Gasteiger partial charge on any atom is 0.145 e. The van der Waals surface area contributed by atoms with Crippen molar-refractivity contribution in [3.05, 3.63) is 71.0 Å². The molecule has 3 heteroatoms. The van der Waals surface area contributed by atoms with Crippen LogP contribution in [0.25, 0.3) is 0 Å². The van der Waals surface area contributed by atoms with E-state index in [1.807, 2.05) is 6.92 Å². The first-order valence-corrected chi connectivity index (χ1v) is 8.56. The predicted octanol–water partition coefficient (Wildman–Crippen LogP) is 5.65. The van der Waals surface area contributed by atoms with Crippen LogP contribution in [0.15, 0.2) is 53.7 Å². The van der Waals surface area contributed by atoms with E-state index in [9.17, 15) is 4.39 Å². The molecule has 0 radical (unpaired) electrons. The van der Waals surface area contributed by atoms with Crippen LogP contribution < -0.4 is 0 Å². The standard InChI is InChI=1S/C21H24FNO/c1-14(2)16-8-10-17(11-9-16)20-12-19(20)15(3)23-24-13-18-6-4-5-7-21(18)22/h4-11,14,19-20H,12-13H2,1-3H3/b23-15-/t19-,20+/m1/s1. The Labute approximate surface area is 143 Å². The Hall–Kier alpha value is -2.16. The van der Waals surface area contributed by atoms with Crippen LogP contribution in [0.2, 0.25) is 0 Å². The molecule has 0 bridgehead atoms. The Kier molecular flexibility index (Phi) is 4.98. The summed E-state index contributed by atoms with van der Waals surface area (Å²) in [5.74, 6) is 1.28. The molecule has 126 valence electrons. The van der Waals surface area contributed by atoms with Crippen LogP contribution in [-0.4, -0.2) is 5.71 Å². The molecule has 1 aliphatic carbocycles. The second-order valence-electron chi connectivity index (χ2n) is 6.87. The van der Waals surface area contributed by atoms with Gasteiger partial charge in [0.25, 0.3) is 0 Å². The zero-order chi connectivity index (χ0) is 17.1. The lowest BCUT2D eigenvalue weighted by Crippen LogP contribution is -2.00. The quantitative estimate of drug-likeness (QED) is 0.497. The van der Waals surface area contributed by atoms with Gasteiger partial charge >= 0.3 is 0 Å². The molecular formula is C21H24FNO. The topological polar surface area (TPSA) is 21.6 Å². The van der Waals surface area contributed by atoms with Gasteiger partial charge in [-0.25, -0.2) is 4.39 Å². The third-order valence-corrected chi connectivity index (χ3v) is 4.74. The van der Waals surface area contributed by atoms with Crippen LogP contribution in [0.5, 0.6) is 0 Å². The summed E-state index contributed by atoms with van der Waals surface area (Å²) in [6.45, 7) is 6.58. The summed E-state index contributed by atoms with van der Waals surface area (Å²) in [7, 11) is 0. The fraction of sp³-hybridized carbons (Fsp3) is 0.381. The van der Waals surface area contributed by atoms with E-state index in [0.717, 1.165) is 12.1 Å². The Bertz CT molecular complexity index is 721. The average molecular weight is 325 g/mol. The Morgan fingerprint density at radius 2 is 1.88 bits per heavy atom. The van der Waals surface area contributed by atoms with Crippen LogP contribution in [-0.2, 0) is 11.4 Å². The molecule has 0 aliphatic heterocycles. The van der Waals surface area contributed by atoms with E-state index in [0.29, 0.717) is 23.3 Å². The minimum atomic E-state index is -0.250. The van der Waals surface area contributed by atoms with Crippen molar-refractivity contribution >= 4 is 5.71 Å². The van der Waals surface area contributed by atoms with Gasteiger partial charge < -0.3 is 4.84 Å². The lowest BCUT2D eigenvalue weighted by Gasteiger charge is -2.07. The molecule has 1 aliphatic rings. The fourth-order valence-corrected chi connectivity index (χ4v) is 3.04. The summed E-state index contributed by atoms with van der Waals surface area (Å²) in [5.41, 5.74) is 4.26. The smallest absolute Gasteiger partial charge is 0.145 e. The molecule has 0 saturated heterocycles. The summed E-state index contributed by atoms with van der Waals surface area (Å²) in [6, 6.07) is 15.5. The highest BCUT2D eigenvalue weighted by Gasteiger charge is 2.40. The van der Waals surface area contributed by atoms with E-state index in [4.69, 9.17) is 4.84 Å². The van der Waals surface area contributed by atoms with Crippen molar-refractivity contribution in [3.8, 4) is 0 Å². The van der Waals surface area contributed by atoms with Gasteiger partial charge in [-0.3, -0.25) is 0 Å². The number of hydrogen-bond acceptors (Lipinski definition) is 2. The molecule has 0 aromatic heterocycles. The van der Waals surface area contributed by atoms with Crippen LogP contribution in [0.4, 0.5) is 4.39 Å². The molecule has 0 unspecified atom stereocenters. The van der Waals surface area contributed by atoms with Crippen molar-refractivity contribution in [1.29, 1.82) is 0 Å². The molecule has 24 heavy (non-hydrogen) atoms. The average Bonchev–Trinajstić information content (AvgIpc) is 3.37. The first-order chi connectivity index (χ1) is 11.6. The first-order valence-electron chi connectivity index (χ1n) is 8.56. The minimum absolute atomic E-state index is 0.171. The Morgan fingerprint density at radius 1 is 1.17 bits per heavy atom. The van der Waals surface area contributed by atoms with Gasteiger partial charge in [-0.1, -0.05) is 61.5 Å². The van der Waals surface area contributed by atoms with E-state index in [2.05, 4.69) is 43.3 Å². The van der Waals surface area contributed by atoms with Gasteiger partial charge in [0.1, 0.15) is 12.4 Å². The SMILES string of the molecule is C/C(=N/OCc1ccccc1F)[C@H]1C[C@H]1c1ccc(C(C)C)cc1. The third-order valence-electron chi connectivity index (χ3n) is 4.74. The highest BCUT2D eigenvalue weighted by Crippen LogP contribution is 2.48. The van der Waals surface area contributed by atoms with Gasteiger partial charge in [0.15, 0.2) is 0 Å². The van der Waals surface area contributed by atoms with Gasteiger partial charge in [-0.2, -0.15) is 0 Å². The summed E-state index contributed by atoms with van der Waals surface area (Å²) >= 11 is 0. The Balaban J connectivity index is 1.55. The van der Waals surface area contributed by atoms with Crippen LogP contribution >= 0.6 is 0 Å². The van der Waals surface area contributed by atoms with Gasteiger partial charge in [-0.15, -0.1) is 0 Å². The van der Waals surface area contributed by atoms with Crippen molar-refractivity contribution in [2.45, 2.75) is 45.6 Å². The van der Waals surface area contributed by atoms with Gasteiger partial charge in [0.2, 0.25) is 0 Å². The van der Waals surface area contributed by atoms with Gasteiger partial charge in [0, 0.05) is 11.5 Å². The number of oxime groups is 1. The monoisotopic (exact) mass is 325 g/mol. The number of halogens is 1. The predicted molar refractivity (Wildman–Crippen MR) is 95.7 cm³/mol. The molecule has 1 saturated carbocycles. The number of hydrogen-bond donors (Lipinski definition) is 0. The van der Waals surface area contributed by atoms with Crippen molar-refractivity contribution < 1.29 is 9.23 Å². The number of benzene rings is 2. The van der Waals surface area contributed by atoms with E-state index >= 15 is 0 Å². The maximum atomic E-state index is 13.5. The first kappa shape index (κ1) is 16.7. The maximum absolute atomic E-state index is 13.5. The zero-order valence-electron chi connectivity index (χ0n) is 14.5. The fourth-order valence-electron chi connectivity index (χ4n) is 3.04. The number of rotatable bonds is 6. The van der Waals surface area contributed by atoms with Crippen LogP contribution in [0.3, 0.4) is 0 Å². The molecule has 0 spiro atoms. The van der Waals surface area contributed by atoms with Crippen LogP contribution in [0.1, 0.15) is 55.7 Å². The molecule has 2 atom stereocenters. The van der Waals surface area contributed by atoms with Crippen molar-refractivity contribution in [2.75, 3.05) is 0 Å². The second-order valence-corrected chi connectivity index (χ2v) is 6.87. The summed E-state index contributed by atoms with van der Waals surface area (Å²) in [5, 5.41) is 4.19. The molecule has 2 aromatic rings. The molecular weight excluding hydrogens is 301 g/mol. The molecule has 2 nitrogen and oxygen atoms in total. The molecule has 0 amide bonds. The lowest BCUT2D eigenvalue weighted by atomic mass is 9.99. The van der Waals surface area contributed by atoms with Crippen LogP contribution in [0, 0.1) is 11.7 Å². The lowest BCUT2D eigenvalue weighted by molar-refractivity contribution is 0.127. The van der Waals surface area contributed by atoms with E-state index in [-0.39, 0.29) is 12.4 Å². The molecule has 1 fully saturated rings. The van der Waals surface area contributed by atoms with Crippen molar-refractivity contribution in [2.24, 2.45) is 11.1 Å². The van der Waals surface area contributed by atoms with Gasteiger partial charge in [0.05, 0.1) is 5.71 Å². The van der Waals surface area contributed by atoms with E-state index in [1.165, 1.54) is 17.2 Å². The minimum Gasteiger partial charge on any atom is -0.391 e. The second kappa shape index (κ2) is 7.16. The zero-order valence-corrected chi connectivity index (χ0v) is 14.5. The van der Waals surface area contributed by atoms with Crippen molar-refractivity contribution in [1.82, 2.24) is 0 Å². The third kappa shape index (κ3) is 3.84. The van der Waals surface area contributed by atoms with E-state index in [1.54, 1.807) is 18.2 Å². The van der Waals surface area contributed by atoms with Gasteiger partial charge in [-0.05, 0) is 42.4 Å². The normalized spacial score (nSPS) is 20.3. The summed E-state index contributed by atoms with van der Waals surface area (Å²) in [4.78, 5) is 5.35. The highest BCUT2D eigenvalue weighted by atomic mass is 19.1. The van der Waals surface area contributed by atoms with E-state index < -0.39 is 0 Å². The number of nitrogens with zero attached hydrogens (tertiary/aromatic N) is 1.